The lowest BCUT2D eigenvalue weighted by atomic mass is 9.96. The molecule has 1 atom stereocenters. The maximum atomic E-state index is 11.6. The topological polar surface area (TPSA) is 68.4 Å². The summed E-state index contributed by atoms with van der Waals surface area (Å²) in [5.41, 5.74) is 3.16. The zero-order valence-corrected chi connectivity index (χ0v) is 16.8. The van der Waals surface area contributed by atoms with E-state index >= 15 is 0 Å². The van der Waals surface area contributed by atoms with Crippen LogP contribution >= 0.6 is 0 Å². The standard InChI is InChI=1S/C22H33N3O2/c1-22(2,27)10-8-16-6-7-20-19(13-16)17(15-24-20)14-18-5-4-11-25(18)12-9-21(26)23-3/h6-7,13,15,18,24,27H,4-5,8-12,14H2,1-3H3,(H,23,26)/t18-/m1/s1. The molecule has 1 fully saturated rings. The Kier molecular flexibility index (Phi) is 6.22. The van der Waals surface area contributed by atoms with E-state index < -0.39 is 5.60 Å². The van der Waals surface area contributed by atoms with Crippen LogP contribution in [-0.4, -0.2) is 52.7 Å². The molecule has 148 valence electrons. The van der Waals surface area contributed by atoms with E-state index in [2.05, 4.69) is 39.6 Å². The van der Waals surface area contributed by atoms with Gasteiger partial charge in [-0.25, -0.2) is 0 Å². The van der Waals surface area contributed by atoms with Gasteiger partial charge in [0.15, 0.2) is 0 Å². The Balaban J connectivity index is 1.69. The number of likely N-dealkylation sites (tertiary alicyclic amines) is 1. The Morgan fingerprint density at radius 3 is 2.96 bits per heavy atom. The van der Waals surface area contributed by atoms with Crippen LogP contribution in [0.4, 0.5) is 0 Å². The Morgan fingerprint density at radius 1 is 1.41 bits per heavy atom. The molecule has 0 saturated carbocycles. The molecule has 5 nitrogen and oxygen atoms in total. The van der Waals surface area contributed by atoms with Crippen molar-refractivity contribution in [3.8, 4) is 0 Å². The molecule has 3 rings (SSSR count). The lowest BCUT2D eigenvalue weighted by molar-refractivity contribution is -0.120. The van der Waals surface area contributed by atoms with E-state index in [0.717, 1.165) is 32.4 Å². The molecular formula is C22H33N3O2. The number of fused-ring (bicyclic) bond motifs is 1. The van der Waals surface area contributed by atoms with Gasteiger partial charge in [0.1, 0.15) is 0 Å². The molecule has 0 bridgehead atoms. The number of hydrogen-bond acceptors (Lipinski definition) is 3. The minimum Gasteiger partial charge on any atom is -0.390 e. The van der Waals surface area contributed by atoms with Crippen molar-refractivity contribution in [2.45, 2.75) is 64.0 Å². The molecule has 0 unspecified atom stereocenters. The van der Waals surface area contributed by atoms with Crippen LogP contribution in [-0.2, 0) is 17.6 Å². The first-order valence-electron chi connectivity index (χ1n) is 10.1. The number of amides is 1. The minimum atomic E-state index is -0.634. The Morgan fingerprint density at radius 2 is 2.22 bits per heavy atom. The highest BCUT2D eigenvalue weighted by atomic mass is 16.3. The monoisotopic (exact) mass is 371 g/mol. The summed E-state index contributed by atoms with van der Waals surface area (Å²) in [6.45, 7) is 5.64. The first-order chi connectivity index (χ1) is 12.9. The summed E-state index contributed by atoms with van der Waals surface area (Å²) in [5, 5.41) is 14.0. The third kappa shape index (κ3) is 5.33. The average molecular weight is 372 g/mol. The second-order valence-electron chi connectivity index (χ2n) is 8.47. The van der Waals surface area contributed by atoms with Crippen molar-refractivity contribution in [1.29, 1.82) is 0 Å². The van der Waals surface area contributed by atoms with Crippen LogP contribution in [0.15, 0.2) is 24.4 Å². The number of carbonyl (C=O) groups is 1. The molecule has 3 N–H and O–H groups in total. The number of aryl methyl sites for hydroxylation is 1. The van der Waals surface area contributed by atoms with Gasteiger partial charge in [-0.05, 0) is 75.8 Å². The van der Waals surface area contributed by atoms with E-state index in [4.69, 9.17) is 0 Å². The van der Waals surface area contributed by atoms with Crippen LogP contribution < -0.4 is 5.32 Å². The van der Waals surface area contributed by atoms with E-state index in [-0.39, 0.29) is 5.91 Å². The molecular weight excluding hydrogens is 338 g/mol. The molecule has 1 aliphatic rings. The predicted molar refractivity (Wildman–Crippen MR) is 110 cm³/mol. The molecule has 0 radical (unpaired) electrons. The third-order valence-corrected chi connectivity index (χ3v) is 5.72. The number of aromatic nitrogens is 1. The second-order valence-corrected chi connectivity index (χ2v) is 8.47. The lowest BCUT2D eigenvalue weighted by Crippen LogP contribution is -2.34. The van der Waals surface area contributed by atoms with Gasteiger partial charge >= 0.3 is 0 Å². The van der Waals surface area contributed by atoms with Crippen molar-refractivity contribution in [3.63, 3.8) is 0 Å². The van der Waals surface area contributed by atoms with Crippen LogP contribution in [0, 0.1) is 0 Å². The van der Waals surface area contributed by atoms with E-state index in [1.807, 2.05) is 13.8 Å². The number of benzene rings is 1. The summed E-state index contributed by atoms with van der Waals surface area (Å²) in [7, 11) is 1.70. The van der Waals surface area contributed by atoms with Crippen molar-refractivity contribution in [1.82, 2.24) is 15.2 Å². The van der Waals surface area contributed by atoms with Gasteiger partial charge in [-0.2, -0.15) is 0 Å². The van der Waals surface area contributed by atoms with Gasteiger partial charge in [-0.1, -0.05) is 6.07 Å². The number of H-pyrrole nitrogens is 1. The van der Waals surface area contributed by atoms with Gasteiger partial charge in [0.05, 0.1) is 5.60 Å². The van der Waals surface area contributed by atoms with Crippen molar-refractivity contribution in [2.24, 2.45) is 0 Å². The fourth-order valence-electron chi connectivity index (χ4n) is 4.04. The Hall–Kier alpha value is -1.85. The zero-order chi connectivity index (χ0) is 19.4. The molecule has 2 heterocycles. The highest BCUT2D eigenvalue weighted by Crippen LogP contribution is 2.27. The summed E-state index contributed by atoms with van der Waals surface area (Å²) in [5.74, 6) is 0.115. The second kappa shape index (κ2) is 8.44. The molecule has 27 heavy (non-hydrogen) atoms. The van der Waals surface area contributed by atoms with Crippen molar-refractivity contribution in [3.05, 3.63) is 35.5 Å². The van der Waals surface area contributed by atoms with Gasteiger partial charge in [-0.15, -0.1) is 0 Å². The highest BCUT2D eigenvalue weighted by molar-refractivity contribution is 5.84. The molecule has 1 amide bonds. The number of hydrogen-bond donors (Lipinski definition) is 3. The quantitative estimate of drug-likeness (QED) is 0.668. The number of carbonyl (C=O) groups excluding carboxylic acids is 1. The fraction of sp³-hybridized carbons (Fsp3) is 0.591. The molecule has 5 heteroatoms. The van der Waals surface area contributed by atoms with Gasteiger partial charge < -0.3 is 15.4 Å². The maximum absolute atomic E-state index is 11.6. The first-order valence-corrected chi connectivity index (χ1v) is 10.1. The van der Waals surface area contributed by atoms with E-state index in [0.29, 0.717) is 12.5 Å². The van der Waals surface area contributed by atoms with E-state index in [1.54, 1.807) is 7.05 Å². The summed E-state index contributed by atoms with van der Waals surface area (Å²) in [4.78, 5) is 17.4. The van der Waals surface area contributed by atoms with Gasteiger partial charge in [0, 0.05) is 43.2 Å². The number of nitrogens with zero attached hydrogens (tertiary/aromatic N) is 1. The Labute approximate surface area is 162 Å². The summed E-state index contributed by atoms with van der Waals surface area (Å²) in [6.07, 6.45) is 7.76. The normalized spacial score (nSPS) is 18.3. The summed E-state index contributed by atoms with van der Waals surface area (Å²) >= 11 is 0. The number of nitrogens with one attached hydrogen (secondary N) is 2. The van der Waals surface area contributed by atoms with Crippen molar-refractivity contribution < 1.29 is 9.90 Å². The highest BCUT2D eigenvalue weighted by Gasteiger charge is 2.25. The van der Waals surface area contributed by atoms with Crippen LogP contribution in [0.2, 0.25) is 0 Å². The van der Waals surface area contributed by atoms with Crippen LogP contribution in [0.25, 0.3) is 10.9 Å². The van der Waals surface area contributed by atoms with Gasteiger partial charge in [0.2, 0.25) is 5.91 Å². The Bertz CT molecular complexity index is 775. The first kappa shape index (κ1) is 19.9. The number of rotatable bonds is 8. The molecule has 2 aromatic rings. The largest absolute Gasteiger partial charge is 0.390 e. The average Bonchev–Trinajstić information content (AvgIpc) is 3.24. The molecule has 1 saturated heterocycles. The molecule has 1 aliphatic heterocycles. The number of aromatic amines is 1. The zero-order valence-electron chi connectivity index (χ0n) is 16.8. The maximum Gasteiger partial charge on any atom is 0.221 e. The van der Waals surface area contributed by atoms with Crippen molar-refractivity contribution in [2.75, 3.05) is 20.1 Å². The van der Waals surface area contributed by atoms with Crippen molar-refractivity contribution >= 4 is 16.8 Å². The minimum absolute atomic E-state index is 0.115. The van der Waals surface area contributed by atoms with E-state index in [9.17, 15) is 9.90 Å². The van der Waals surface area contributed by atoms with Crippen LogP contribution in [0.5, 0.6) is 0 Å². The summed E-state index contributed by atoms with van der Waals surface area (Å²) < 4.78 is 0. The molecule has 1 aromatic carbocycles. The van der Waals surface area contributed by atoms with E-state index in [1.165, 1.54) is 34.9 Å². The van der Waals surface area contributed by atoms with Gasteiger partial charge in [0.25, 0.3) is 0 Å². The SMILES string of the molecule is CNC(=O)CCN1CCC[C@@H]1Cc1c[nH]c2ccc(CCC(C)(C)O)cc12. The molecule has 0 aliphatic carbocycles. The fourth-order valence-corrected chi connectivity index (χ4v) is 4.04. The smallest absolute Gasteiger partial charge is 0.221 e. The predicted octanol–water partition coefficient (Wildman–Crippen LogP) is 3.01. The van der Waals surface area contributed by atoms with Crippen LogP contribution in [0.3, 0.4) is 0 Å². The summed E-state index contributed by atoms with van der Waals surface area (Å²) in [6, 6.07) is 7.08. The molecule has 0 spiro atoms. The lowest BCUT2D eigenvalue weighted by Gasteiger charge is -2.24. The van der Waals surface area contributed by atoms with Gasteiger partial charge in [-0.3, -0.25) is 9.69 Å². The molecule has 1 aromatic heterocycles. The van der Waals surface area contributed by atoms with Crippen LogP contribution in [0.1, 0.15) is 50.7 Å². The number of aliphatic hydroxyl groups is 1. The third-order valence-electron chi connectivity index (χ3n) is 5.72.